The van der Waals surface area contributed by atoms with E-state index in [-0.39, 0.29) is 0 Å². The number of aryl methyl sites for hydroxylation is 11. The van der Waals surface area contributed by atoms with Crippen LogP contribution in [-0.2, 0) is 21.1 Å². The van der Waals surface area contributed by atoms with Gasteiger partial charge >= 0.3 is 0 Å². The molecule has 98 heavy (non-hydrogen) atoms. The third-order valence-electron chi connectivity index (χ3n) is 19.8. The van der Waals surface area contributed by atoms with Gasteiger partial charge in [0, 0.05) is 71.8 Å². The molecule has 0 bridgehead atoms. The van der Waals surface area contributed by atoms with E-state index in [0.717, 1.165) is 77.6 Å². The van der Waals surface area contributed by atoms with Crippen LogP contribution in [0.4, 0.5) is 0 Å². The van der Waals surface area contributed by atoms with Gasteiger partial charge in [0.25, 0.3) is 0 Å². The van der Waals surface area contributed by atoms with E-state index >= 15 is 0 Å². The Hall–Kier alpha value is -11.7. The summed E-state index contributed by atoms with van der Waals surface area (Å²) in [5, 5.41) is 14.2. The van der Waals surface area contributed by atoms with Crippen molar-refractivity contribution in [1.82, 2.24) is 0 Å². The van der Waals surface area contributed by atoms with Gasteiger partial charge in [0.2, 0.25) is 17.1 Å². The van der Waals surface area contributed by atoms with Crippen LogP contribution in [0.1, 0.15) is 48.6 Å². The minimum atomic E-state index is -2.22. The van der Waals surface area contributed by atoms with E-state index in [4.69, 9.17) is 17.4 Å². The molecule has 0 unspecified atom stereocenters. The number of benzene rings is 12. The van der Waals surface area contributed by atoms with E-state index in [9.17, 15) is 0 Å². The molecule has 18 aromatic rings. The summed E-state index contributed by atoms with van der Waals surface area (Å²) in [6, 6.07) is 85.5. The second kappa shape index (κ2) is 24.5. The van der Waals surface area contributed by atoms with Crippen LogP contribution in [0.2, 0.25) is 0 Å². The van der Waals surface area contributed by atoms with Crippen LogP contribution in [0.3, 0.4) is 0 Å². The van der Waals surface area contributed by atoms with Crippen molar-refractivity contribution in [2.45, 2.75) is 55.3 Å². The van der Waals surface area contributed by atoms with Gasteiger partial charge in [-0.25, -0.2) is 13.7 Å². The predicted molar refractivity (Wildman–Crippen MR) is 408 cm³/mol. The van der Waals surface area contributed by atoms with Gasteiger partial charge in [0.05, 0.1) is 16.7 Å². The molecule has 0 atom stereocenters. The van der Waals surface area contributed by atoms with Crippen LogP contribution >= 0.6 is 0 Å². The molecule has 6 heteroatoms. The molecule has 0 fully saturated rings. The van der Waals surface area contributed by atoms with Crippen molar-refractivity contribution in [3.63, 3.8) is 0 Å². The number of pyridine rings is 3. The summed E-state index contributed by atoms with van der Waals surface area (Å²) in [5.41, 5.74) is 27.6. The van der Waals surface area contributed by atoms with Crippen molar-refractivity contribution >= 4 is 98.1 Å². The topological polar surface area (TPSA) is 51.1 Å². The maximum absolute atomic E-state index is 8.13. The Morgan fingerprint density at radius 1 is 0.255 bits per heavy atom. The molecule has 0 saturated heterocycles. The molecule has 0 aliphatic rings. The van der Waals surface area contributed by atoms with Gasteiger partial charge in [-0.15, -0.1) is 0 Å². The molecule has 0 saturated carbocycles. The Kier molecular flexibility index (Phi) is 14.4. The minimum Gasteiger partial charge on any atom is -0.456 e. The fraction of sp³-hybridized carbons (Fsp3) is 0.120. The quantitative estimate of drug-likeness (QED) is 0.156. The highest BCUT2D eigenvalue weighted by Gasteiger charge is 2.24. The molecule has 18 rings (SSSR count). The van der Waals surface area contributed by atoms with E-state index in [1.54, 1.807) is 6.20 Å². The summed E-state index contributed by atoms with van der Waals surface area (Å²) in [5.74, 6) is 0. The summed E-state index contributed by atoms with van der Waals surface area (Å²) < 4.78 is 49.8. The number of hydrogen-bond donors (Lipinski definition) is 0. The van der Waals surface area contributed by atoms with Gasteiger partial charge in [-0.3, -0.25) is 0 Å². The largest absolute Gasteiger partial charge is 0.456 e. The number of rotatable bonds is 6. The van der Waals surface area contributed by atoms with E-state index < -0.39 is 6.85 Å². The molecule has 6 heterocycles. The van der Waals surface area contributed by atoms with Crippen LogP contribution in [-0.4, -0.2) is 0 Å². The molecule has 0 radical (unpaired) electrons. The molecule has 6 nitrogen and oxygen atoms in total. The maximum atomic E-state index is 8.13. The molecular weight excluding hydrogens is 1200 g/mol. The highest BCUT2D eigenvalue weighted by Crippen LogP contribution is 2.41. The fourth-order valence-corrected chi connectivity index (χ4v) is 14.6. The van der Waals surface area contributed by atoms with E-state index in [1.807, 2.05) is 48.0 Å². The fourth-order valence-electron chi connectivity index (χ4n) is 14.6. The lowest BCUT2D eigenvalue weighted by atomic mass is 9.96. The van der Waals surface area contributed by atoms with Crippen molar-refractivity contribution in [3.8, 4) is 67.2 Å². The number of nitrogens with zero attached hydrogens (tertiary/aromatic N) is 3. The third-order valence-corrected chi connectivity index (χ3v) is 19.8. The summed E-state index contributed by atoms with van der Waals surface area (Å²) in [6.07, 6.45) is 6.09. The highest BCUT2D eigenvalue weighted by atomic mass is 16.3. The third kappa shape index (κ3) is 11.2. The molecule has 6 aromatic heterocycles. The lowest BCUT2D eigenvalue weighted by molar-refractivity contribution is -0.660. The Labute approximate surface area is 575 Å². The van der Waals surface area contributed by atoms with Crippen molar-refractivity contribution in [2.75, 3.05) is 0 Å². The first-order chi connectivity index (χ1) is 48.7. The average molecular weight is 1270 g/mol. The molecule has 0 aliphatic carbocycles. The van der Waals surface area contributed by atoms with Crippen molar-refractivity contribution < 1.29 is 31.1 Å². The zero-order chi connectivity index (χ0) is 69.7. The van der Waals surface area contributed by atoms with Crippen LogP contribution < -0.4 is 13.7 Å². The Morgan fingerprint density at radius 3 is 0.980 bits per heavy atom. The van der Waals surface area contributed by atoms with Crippen LogP contribution in [0, 0.1) is 55.3 Å². The average Bonchev–Trinajstić information content (AvgIpc) is 1.67. The zero-order valence-electron chi connectivity index (χ0n) is 59.9. The number of hydrogen-bond acceptors (Lipinski definition) is 3. The van der Waals surface area contributed by atoms with Gasteiger partial charge in [-0.1, -0.05) is 162 Å². The van der Waals surface area contributed by atoms with Crippen molar-refractivity contribution in [1.29, 1.82) is 0 Å². The van der Waals surface area contributed by atoms with Crippen molar-refractivity contribution in [3.05, 3.63) is 306 Å². The first-order valence-electron chi connectivity index (χ1n) is 35.1. The minimum absolute atomic E-state index is 0.337. The lowest BCUT2D eigenvalue weighted by Crippen LogP contribution is -2.31. The van der Waals surface area contributed by atoms with E-state index in [1.165, 1.54) is 127 Å². The summed E-state index contributed by atoms with van der Waals surface area (Å²) >= 11 is 0. The number of fused-ring (bicyclic) bond motifs is 12. The van der Waals surface area contributed by atoms with Gasteiger partial charge in [-0.05, 0) is 211 Å². The normalized spacial score (nSPS) is 12.2. The van der Waals surface area contributed by atoms with Crippen LogP contribution in [0.25, 0.3) is 165 Å². The maximum Gasteiger partial charge on any atom is 0.213 e. The van der Waals surface area contributed by atoms with Gasteiger partial charge in [-0.2, -0.15) is 0 Å². The second-order valence-electron chi connectivity index (χ2n) is 26.9. The molecule has 0 amide bonds. The molecule has 0 N–H and O–H groups in total. The monoisotopic (exact) mass is 1270 g/mol. The first-order valence-corrected chi connectivity index (χ1v) is 33.6. The Balaban J connectivity index is 0.000000118. The first kappa shape index (κ1) is 57.7. The molecule has 0 aliphatic heterocycles. The summed E-state index contributed by atoms with van der Waals surface area (Å²) in [6.45, 7) is 12.8. The van der Waals surface area contributed by atoms with Crippen molar-refractivity contribution in [2.24, 2.45) is 21.1 Å². The lowest BCUT2D eigenvalue weighted by Gasteiger charge is -2.10. The molecule has 12 aromatic carbocycles. The SMILES string of the molecule is Cc1ccc2cc3oc4cc(-c5cc(-c6ccccc6)c(C)c[n+]5C)c(C)cc4c3cc2c1.Cc1ccc2cc3oc4cc(-c5cc(-c6ccccc6)cc[n+]5C)c(C)cc4c3cc2c1.[2H]C([2H])([2H])c1c[n+](C)c(-c2cc3oc4cc5ccc(C)cc5cc4c3cc2C)cc1-c1ccccc1. The molecule has 0 spiro atoms. The highest BCUT2D eigenvalue weighted by molar-refractivity contribution is 6.14. The Morgan fingerprint density at radius 2 is 0.592 bits per heavy atom. The predicted octanol–water partition coefficient (Wildman–Crippen LogP) is 23.2. The number of aromatic nitrogens is 3. The van der Waals surface area contributed by atoms with E-state index in [0.29, 0.717) is 5.56 Å². The Bertz CT molecular complexity index is 6360. The second-order valence-corrected chi connectivity index (χ2v) is 26.9. The molecular formula is C92H76N3O3+3. The number of furan rings is 3. The molecule has 474 valence electrons. The van der Waals surface area contributed by atoms with Gasteiger partial charge in [0.15, 0.2) is 18.6 Å². The summed E-state index contributed by atoms with van der Waals surface area (Å²) in [7, 11) is 6.12. The van der Waals surface area contributed by atoms with Gasteiger partial charge < -0.3 is 13.3 Å². The smallest absolute Gasteiger partial charge is 0.213 e. The van der Waals surface area contributed by atoms with Crippen LogP contribution in [0.15, 0.2) is 274 Å². The standard InChI is InChI=1S/2C31H26NO.C30H24NO/c2*1-19-10-11-23-15-30-28(14-24(23)12-19)27-13-20(2)26(17-31(27)33-30)29-16-25(21(3)18-32(29)4)22-8-6-5-7-9-22;1-19-9-10-22-17-29-27(15-24(22)13-19)26-14-20(2)25(18-30(26)32-29)28-16-23(11-12-31(28)3)21-7-5-4-6-8-21/h2*5-18H,1-4H3;4-18H,1-3H3/q3*+1/i3D3;;. The van der Waals surface area contributed by atoms with Crippen LogP contribution in [0.5, 0.6) is 0 Å². The summed E-state index contributed by atoms with van der Waals surface area (Å²) in [4.78, 5) is 0. The van der Waals surface area contributed by atoms with Gasteiger partial charge in [0.1, 0.15) is 54.6 Å². The zero-order valence-corrected chi connectivity index (χ0v) is 56.9. The van der Waals surface area contributed by atoms with E-state index in [2.05, 4.69) is 290 Å².